The molecule has 0 aromatic heterocycles. The SMILES string of the molecule is c1cc(OCC2CO2)c(OCC2CO2)cc1CCCOCC1CO1. The molecular formula is C18H24O6. The van der Waals surface area contributed by atoms with Gasteiger partial charge in [0.25, 0.3) is 0 Å². The third-order valence-electron chi connectivity index (χ3n) is 4.12. The molecule has 3 aliphatic rings. The number of aryl methyl sites for hydroxylation is 1. The standard InChI is InChI=1S/C18H24O6/c1(5-19-7-14-8-20-14)2-13-3-4-17(23-11-15-9-21-15)18(6-13)24-12-16-10-22-16/h3-4,6,14-16H,1-2,5,7-12H2. The molecule has 0 N–H and O–H groups in total. The molecular weight excluding hydrogens is 312 g/mol. The van der Waals surface area contributed by atoms with E-state index in [1.807, 2.05) is 6.07 Å². The van der Waals surface area contributed by atoms with Crippen molar-refractivity contribution in [2.75, 3.05) is 46.2 Å². The van der Waals surface area contributed by atoms with Gasteiger partial charge < -0.3 is 28.4 Å². The van der Waals surface area contributed by atoms with Crippen LogP contribution in [0.1, 0.15) is 12.0 Å². The predicted molar refractivity (Wildman–Crippen MR) is 85.8 cm³/mol. The Kier molecular flexibility index (Phi) is 5.18. The zero-order valence-corrected chi connectivity index (χ0v) is 13.8. The Morgan fingerprint density at radius 2 is 1.46 bits per heavy atom. The molecule has 0 radical (unpaired) electrons. The van der Waals surface area contributed by atoms with Crippen LogP contribution in [0.4, 0.5) is 0 Å². The molecule has 0 aliphatic carbocycles. The highest BCUT2D eigenvalue weighted by molar-refractivity contribution is 5.43. The summed E-state index contributed by atoms with van der Waals surface area (Å²) >= 11 is 0. The molecule has 4 rings (SSSR count). The van der Waals surface area contributed by atoms with Crippen LogP contribution in [0.3, 0.4) is 0 Å². The summed E-state index contributed by atoms with van der Waals surface area (Å²) in [7, 11) is 0. The fraction of sp³-hybridized carbons (Fsp3) is 0.667. The van der Waals surface area contributed by atoms with Crippen LogP contribution in [-0.2, 0) is 25.4 Å². The van der Waals surface area contributed by atoms with E-state index in [0.717, 1.165) is 50.8 Å². The number of hydrogen-bond acceptors (Lipinski definition) is 6. The summed E-state index contributed by atoms with van der Waals surface area (Å²) in [6.07, 6.45) is 2.73. The van der Waals surface area contributed by atoms with Crippen LogP contribution in [0, 0.1) is 0 Å². The lowest BCUT2D eigenvalue weighted by molar-refractivity contribution is 0.114. The second-order valence-electron chi connectivity index (χ2n) is 6.45. The zero-order chi connectivity index (χ0) is 16.2. The van der Waals surface area contributed by atoms with Crippen LogP contribution in [0.25, 0.3) is 0 Å². The van der Waals surface area contributed by atoms with Gasteiger partial charge in [0.1, 0.15) is 31.5 Å². The number of ether oxygens (including phenoxy) is 6. The molecule has 0 spiro atoms. The average molecular weight is 336 g/mol. The topological polar surface area (TPSA) is 65.3 Å². The number of hydrogen-bond donors (Lipinski definition) is 0. The Bertz CT molecular complexity index is 536. The van der Waals surface area contributed by atoms with E-state index in [9.17, 15) is 0 Å². The van der Waals surface area contributed by atoms with E-state index < -0.39 is 0 Å². The molecule has 6 nitrogen and oxygen atoms in total. The third kappa shape index (κ3) is 5.34. The first-order chi connectivity index (χ1) is 11.9. The molecule has 132 valence electrons. The van der Waals surface area contributed by atoms with Crippen molar-refractivity contribution < 1.29 is 28.4 Å². The number of rotatable bonds is 12. The summed E-state index contributed by atoms with van der Waals surface area (Å²) in [5.41, 5.74) is 1.23. The zero-order valence-electron chi connectivity index (χ0n) is 13.8. The van der Waals surface area contributed by atoms with Crippen molar-refractivity contribution in [1.82, 2.24) is 0 Å². The molecule has 3 aliphatic heterocycles. The van der Waals surface area contributed by atoms with Crippen LogP contribution >= 0.6 is 0 Å². The average Bonchev–Trinajstić information content (AvgIpc) is 3.47. The quantitative estimate of drug-likeness (QED) is 0.427. The lowest BCUT2D eigenvalue weighted by Crippen LogP contribution is -2.09. The van der Waals surface area contributed by atoms with Gasteiger partial charge in [-0.2, -0.15) is 0 Å². The van der Waals surface area contributed by atoms with Gasteiger partial charge in [-0.15, -0.1) is 0 Å². The van der Waals surface area contributed by atoms with Crippen molar-refractivity contribution in [2.45, 2.75) is 31.2 Å². The molecule has 1 aromatic carbocycles. The fourth-order valence-corrected chi connectivity index (χ4v) is 2.39. The van der Waals surface area contributed by atoms with E-state index >= 15 is 0 Å². The molecule has 0 bridgehead atoms. The molecule has 6 heteroatoms. The van der Waals surface area contributed by atoms with E-state index in [4.69, 9.17) is 28.4 Å². The minimum Gasteiger partial charge on any atom is -0.487 e. The van der Waals surface area contributed by atoms with Crippen LogP contribution < -0.4 is 9.47 Å². The van der Waals surface area contributed by atoms with Gasteiger partial charge in [-0.3, -0.25) is 0 Å². The highest BCUT2D eigenvalue weighted by atomic mass is 16.6. The Morgan fingerprint density at radius 3 is 2.12 bits per heavy atom. The summed E-state index contributed by atoms with van der Waals surface area (Å²) in [5.74, 6) is 1.56. The second kappa shape index (κ2) is 7.70. The summed E-state index contributed by atoms with van der Waals surface area (Å²) in [4.78, 5) is 0. The third-order valence-corrected chi connectivity index (χ3v) is 4.12. The summed E-state index contributed by atoms with van der Waals surface area (Å²) < 4.78 is 32.8. The van der Waals surface area contributed by atoms with Crippen molar-refractivity contribution >= 4 is 0 Å². The number of epoxide rings is 3. The monoisotopic (exact) mass is 336 g/mol. The minimum atomic E-state index is 0.228. The maximum absolute atomic E-state index is 5.88. The van der Waals surface area contributed by atoms with Crippen molar-refractivity contribution in [3.63, 3.8) is 0 Å². The van der Waals surface area contributed by atoms with Gasteiger partial charge in [0.2, 0.25) is 0 Å². The first-order valence-electron chi connectivity index (χ1n) is 8.68. The van der Waals surface area contributed by atoms with Gasteiger partial charge >= 0.3 is 0 Å². The van der Waals surface area contributed by atoms with E-state index in [1.165, 1.54) is 5.56 Å². The largest absolute Gasteiger partial charge is 0.487 e. The van der Waals surface area contributed by atoms with Crippen LogP contribution in [0.15, 0.2) is 18.2 Å². The summed E-state index contributed by atoms with van der Waals surface area (Å²) in [6, 6.07) is 6.14. The van der Waals surface area contributed by atoms with Gasteiger partial charge in [-0.1, -0.05) is 6.07 Å². The van der Waals surface area contributed by atoms with Crippen LogP contribution in [0.5, 0.6) is 11.5 Å². The van der Waals surface area contributed by atoms with Crippen molar-refractivity contribution in [3.8, 4) is 11.5 Å². The number of benzene rings is 1. The van der Waals surface area contributed by atoms with E-state index in [-0.39, 0.29) is 12.2 Å². The molecule has 0 saturated carbocycles. The van der Waals surface area contributed by atoms with Crippen molar-refractivity contribution in [1.29, 1.82) is 0 Å². The smallest absolute Gasteiger partial charge is 0.161 e. The molecule has 0 amide bonds. The molecule has 3 unspecified atom stereocenters. The molecule has 24 heavy (non-hydrogen) atoms. The molecule has 1 aromatic rings. The van der Waals surface area contributed by atoms with Crippen molar-refractivity contribution in [3.05, 3.63) is 23.8 Å². The first-order valence-corrected chi connectivity index (χ1v) is 8.68. The Hall–Kier alpha value is -1.34. The Morgan fingerprint density at radius 1 is 0.833 bits per heavy atom. The summed E-state index contributed by atoms with van der Waals surface area (Å²) in [6.45, 7) is 5.04. The maximum atomic E-state index is 5.88. The molecule has 3 heterocycles. The lowest BCUT2D eigenvalue weighted by Gasteiger charge is -2.13. The van der Waals surface area contributed by atoms with Gasteiger partial charge in [0.05, 0.1) is 26.4 Å². The molecule has 3 fully saturated rings. The lowest BCUT2D eigenvalue weighted by atomic mass is 10.1. The molecule has 3 atom stereocenters. The highest BCUT2D eigenvalue weighted by Crippen LogP contribution is 2.30. The first kappa shape index (κ1) is 16.1. The Labute approximate surface area is 141 Å². The van der Waals surface area contributed by atoms with Crippen molar-refractivity contribution in [2.24, 2.45) is 0 Å². The van der Waals surface area contributed by atoms with Gasteiger partial charge in [0.15, 0.2) is 11.5 Å². The minimum absolute atomic E-state index is 0.228. The van der Waals surface area contributed by atoms with Crippen LogP contribution in [-0.4, -0.2) is 64.6 Å². The van der Waals surface area contributed by atoms with Gasteiger partial charge in [-0.25, -0.2) is 0 Å². The van der Waals surface area contributed by atoms with E-state index in [2.05, 4.69) is 12.1 Å². The predicted octanol–water partition coefficient (Wildman–Crippen LogP) is 1.59. The van der Waals surface area contributed by atoms with Crippen LogP contribution in [0.2, 0.25) is 0 Å². The van der Waals surface area contributed by atoms with Gasteiger partial charge in [0, 0.05) is 6.61 Å². The fourth-order valence-electron chi connectivity index (χ4n) is 2.39. The van der Waals surface area contributed by atoms with E-state index in [0.29, 0.717) is 25.9 Å². The van der Waals surface area contributed by atoms with Gasteiger partial charge in [-0.05, 0) is 30.5 Å². The van der Waals surface area contributed by atoms with E-state index in [1.54, 1.807) is 0 Å². The molecule has 3 saturated heterocycles. The highest BCUT2D eigenvalue weighted by Gasteiger charge is 2.26. The maximum Gasteiger partial charge on any atom is 0.161 e. The normalized spacial score (nSPS) is 26.9. The second-order valence-corrected chi connectivity index (χ2v) is 6.45. The Balaban J connectivity index is 1.27. The summed E-state index contributed by atoms with van der Waals surface area (Å²) in [5, 5.41) is 0.